The van der Waals surface area contributed by atoms with E-state index in [2.05, 4.69) is 9.88 Å². The molecule has 10 nitrogen and oxygen atoms in total. The molecule has 1 amide bonds. The molecule has 1 N–H and O–H groups in total. The summed E-state index contributed by atoms with van der Waals surface area (Å²) >= 11 is 1.02. The maximum absolute atomic E-state index is 14.0. The third-order valence-electron chi connectivity index (χ3n) is 9.52. The van der Waals surface area contributed by atoms with Crippen molar-refractivity contribution in [1.29, 1.82) is 0 Å². The second kappa shape index (κ2) is 12.1. The van der Waals surface area contributed by atoms with Gasteiger partial charge in [-0.2, -0.15) is 4.31 Å². The van der Waals surface area contributed by atoms with Gasteiger partial charge >= 0.3 is 5.97 Å². The Hall–Kier alpha value is -3.39. The summed E-state index contributed by atoms with van der Waals surface area (Å²) in [5.41, 5.74) is 0.897. The molecule has 1 saturated carbocycles. The minimum atomic E-state index is -4.07. The Labute approximate surface area is 265 Å². The monoisotopic (exact) mass is 654 g/mol. The molecule has 3 aliphatic heterocycles. The number of piperazine rings is 1. The number of benzene rings is 1. The Morgan fingerprint density at radius 2 is 1.69 bits per heavy atom. The van der Waals surface area contributed by atoms with Crippen molar-refractivity contribution in [3.05, 3.63) is 59.4 Å². The van der Waals surface area contributed by atoms with Gasteiger partial charge in [-0.25, -0.2) is 22.6 Å². The third-order valence-corrected chi connectivity index (χ3v) is 12.5. The van der Waals surface area contributed by atoms with Gasteiger partial charge in [0.25, 0.3) is 0 Å². The topological polar surface area (TPSA) is 120 Å². The lowest BCUT2D eigenvalue weighted by Crippen LogP contribution is -2.60. The third kappa shape index (κ3) is 5.86. The first-order chi connectivity index (χ1) is 21.7. The average molecular weight is 655 g/mol. The van der Waals surface area contributed by atoms with Crippen LogP contribution in [-0.2, 0) is 19.6 Å². The van der Waals surface area contributed by atoms with Crippen molar-refractivity contribution in [3.63, 3.8) is 0 Å². The molecule has 2 unspecified atom stereocenters. The highest BCUT2D eigenvalue weighted by molar-refractivity contribution is 7.89. The Morgan fingerprint density at radius 3 is 2.33 bits per heavy atom. The number of ether oxygens (including phenoxy) is 1. The van der Waals surface area contributed by atoms with Crippen LogP contribution < -0.4 is 9.80 Å². The summed E-state index contributed by atoms with van der Waals surface area (Å²) in [4.78, 5) is 35.2. The first kappa shape index (κ1) is 30.3. The molecule has 3 aromatic rings. The predicted octanol–water partition coefficient (Wildman–Crippen LogP) is 5.00. The van der Waals surface area contributed by atoms with Crippen molar-refractivity contribution in [2.75, 3.05) is 36.0 Å². The number of hydrogen-bond donors (Lipinski definition) is 1. The molecule has 3 atom stereocenters. The number of sulfonamides is 1. The molecule has 3 saturated heterocycles. The number of nitrogens with zero attached hydrogens (tertiary/aromatic N) is 4. The number of carboxylic acid groups (broad SMARTS) is 1. The highest BCUT2D eigenvalue weighted by Crippen LogP contribution is 2.42. The molecule has 4 fully saturated rings. The zero-order valence-corrected chi connectivity index (χ0v) is 26.3. The van der Waals surface area contributed by atoms with Crippen LogP contribution in [0.3, 0.4) is 0 Å². The lowest BCUT2D eigenvalue weighted by atomic mass is 9.82. The number of fused-ring (bicyclic) bond motifs is 2. The summed E-state index contributed by atoms with van der Waals surface area (Å²) < 4.78 is 48.6. The molecule has 238 valence electrons. The number of hydrogen-bond acceptors (Lipinski definition) is 8. The van der Waals surface area contributed by atoms with Gasteiger partial charge in [-0.15, -0.1) is 11.3 Å². The fraction of sp³-hybridized carbons (Fsp3) is 0.469. The highest BCUT2D eigenvalue weighted by Gasteiger charge is 2.44. The van der Waals surface area contributed by atoms with Crippen molar-refractivity contribution < 1.29 is 32.2 Å². The number of carboxylic acids is 1. The van der Waals surface area contributed by atoms with Crippen LogP contribution in [-0.4, -0.2) is 79.1 Å². The Morgan fingerprint density at radius 1 is 0.978 bits per heavy atom. The van der Waals surface area contributed by atoms with Gasteiger partial charge in [0.05, 0.1) is 30.5 Å². The van der Waals surface area contributed by atoms with Crippen molar-refractivity contribution in [2.24, 2.45) is 5.92 Å². The lowest BCUT2D eigenvalue weighted by molar-refractivity contribution is -0.121. The largest absolute Gasteiger partial charge is 0.477 e. The van der Waals surface area contributed by atoms with E-state index in [4.69, 9.17) is 4.74 Å². The molecule has 45 heavy (non-hydrogen) atoms. The number of anilines is 2. The van der Waals surface area contributed by atoms with Gasteiger partial charge in [0.15, 0.2) is 0 Å². The summed E-state index contributed by atoms with van der Waals surface area (Å²) in [5.74, 6) is -1.34. The van der Waals surface area contributed by atoms with E-state index < -0.39 is 40.3 Å². The molecule has 0 radical (unpaired) electrons. The number of carbonyl (C=O) groups excluding carboxylic acids is 1. The summed E-state index contributed by atoms with van der Waals surface area (Å²) in [6, 6.07) is 10.2. The number of aromatic nitrogens is 1. The van der Waals surface area contributed by atoms with Gasteiger partial charge < -0.3 is 19.6 Å². The molecular formula is C32H35FN4O6S2. The fourth-order valence-corrected chi connectivity index (χ4v) is 9.62. The zero-order chi connectivity index (χ0) is 31.3. The van der Waals surface area contributed by atoms with E-state index in [9.17, 15) is 27.5 Å². The van der Waals surface area contributed by atoms with E-state index in [1.54, 1.807) is 30.3 Å². The van der Waals surface area contributed by atoms with Crippen LogP contribution in [0.15, 0.2) is 53.6 Å². The summed E-state index contributed by atoms with van der Waals surface area (Å²) in [6.07, 6.45) is 8.36. The zero-order valence-electron chi connectivity index (χ0n) is 24.7. The molecule has 0 spiro atoms. The first-order valence-corrected chi connectivity index (χ1v) is 17.7. The van der Waals surface area contributed by atoms with Crippen LogP contribution in [0.4, 0.5) is 15.9 Å². The number of carbonyl (C=O) groups is 2. The quantitative estimate of drug-likeness (QED) is 0.378. The maximum atomic E-state index is 14.0. The number of amides is 1. The van der Waals surface area contributed by atoms with Gasteiger partial charge in [0.2, 0.25) is 15.9 Å². The van der Waals surface area contributed by atoms with E-state index >= 15 is 0 Å². The standard InChI is InChI=1S/C32H35FN4O6S2/c33-22-8-6-21(7-9-22)28-14-26(31(44-28)32(39)40)37-27(20-4-2-1-3-5-20)18-36(19-30(37)38)45(41,42)25-12-13-29(34-15-25)35-16-23-10-11-24(17-35)43-23/h6-9,12-15,20,23-24,27H,1-5,10-11,16-19H2,(H,39,40)/t23-,24?,27?/m1/s1. The number of rotatable bonds is 7. The van der Waals surface area contributed by atoms with Gasteiger partial charge in [-0.05, 0) is 67.5 Å². The van der Waals surface area contributed by atoms with E-state index in [1.165, 1.54) is 27.5 Å². The number of pyridine rings is 1. The Kier molecular flexibility index (Phi) is 8.13. The van der Waals surface area contributed by atoms with Crippen LogP contribution in [0.1, 0.15) is 54.6 Å². The molecule has 4 aliphatic rings. The van der Waals surface area contributed by atoms with Gasteiger partial charge in [-0.1, -0.05) is 31.4 Å². The average Bonchev–Trinajstić information content (AvgIpc) is 3.64. The van der Waals surface area contributed by atoms with Crippen LogP contribution in [0.25, 0.3) is 10.4 Å². The molecular weight excluding hydrogens is 620 g/mol. The Bertz CT molecular complexity index is 1680. The summed E-state index contributed by atoms with van der Waals surface area (Å²) in [6.45, 7) is 1.08. The predicted molar refractivity (Wildman–Crippen MR) is 168 cm³/mol. The number of halogens is 1. The van der Waals surface area contributed by atoms with Gasteiger partial charge in [0, 0.05) is 30.7 Å². The normalized spacial score (nSPS) is 24.7. The van der Waals surface area contributed by atoms with Crippen molar-refractivity contribution in [2.45, 2.75) is 68.1 Å². The molecule has 13 heteroatoms. The van der Waals surface area contributed by atoms with E-state index in [1.807, 2.05) is 0 Å². The Balaban J connectivity index is 1.19. The lowest BCUT2D eigenvalue weighted by Gasteiger charge is -2.44. The minimum absolute atomic E-state index is 0.00358. The first-order valence-electron chi connectivity index (χ1n) is 15.5. The second-order valence-corrected chi connectivity index (χ2v) is 15.4. The number of morpholine rings is 1. The molecule has 2 bridgehead atoms. The van der Waals surface area contributed by atoms with Crippen molar-refractivity contribution in [3.8, 4) is 10.4 Å². The van der Waals surface area contributed by atoms with Crippen LogP contribution in [0.2, 0.25) is 0 Å². The van der Waals surface area contributed by atoms with Gasteiger partial charge in [-0.3, -0.25) is 4.79 Å². The summed E-state index contributed by atoms with van der Waals surface area (Å²) in [5, 5.41) is 10.2. The van der Waals surface area contributed by atoms with Crippen LogP contribution in [0.5, 0.6) is 0 Å². The van der Waals surface area contributed by atoms with Gasteiger partial charge in [0.1, 0.15) is 21.4 Å². The molecule has 1 aromatic carbocycles. The SMILES string of the molecule is O=C(O)c1sc(-c2ccc(F)cc2)cc1N1C(=O)CN(S(=O)(=O)c2ccc(N3CC4CC[C@H](C3)O4)nc2)CC1C1CCCCC1. The number of thiophene rings is 1. The molecule has 7 rings (SSSR count). The van der Waals surface area contributed by atoms with E-state index in [0.29, 0.717) is 16.3 Å². The molecule has 2 aromatic heterocycles. The fourth-order valence-electron chi connectivity index (χ4n) is 7.27. The smallest absolute Gasteiger partial charge is 0.348 e. The maximum Gasteiger partial charge on any atom is 0.348 e. The van der Waals surface area contributed by atoms with Crippen molar-refractivity contribution in [1.82, 2.24) is 9.29 Å². The highest BCUT2D eigenvalue weighted by atomic mass is 32.2. The van der Waals surface area contributed by atoms with E-state index in [-0.39, 0.29) is 40.1 Å². The molecule has 5 heterocycles. The van der Waals surface area contributed by atoms with Crippen molar-refractivity contribution >= 4 is 44.7 Å². The summed E-state index contributed by atoms with van der Waals surface area (Å²) in [7, 11) is -4.07. The van der Waals surface area contributed by atoms with E-state index in [0.717, 1.165) is 69.4 Å². The number of aromatic carboxylic acids is 1. The molecule has 1 aliphatic carbocycles. The van der Waals surface area contributed by atoms with Crippen LogP contribution in [0, 0.1) is 11.7 Å². The second-order valence-electron chi connectivity index (χ2n) is 12.4. The minimum Gasteiger partial charge on any atom is -0.477 e. The van der Waals surface area contributed by atoms with Crippen LogP contribution >= 0.6 is 11.3 Å².